The molecule has 1 aromatic heterocycles. The molecule has 1 saturated heterocycles. The van der Waals surface area contributed by atoms with Crippen LogP contribution in [-0.4, -0.2) is 35.4 Å². The maximum Gasteiger partial charge on any atom is 0.246 e. The molecule has 1 aliphatic heterocycles. The first-order chi connectivity index (χ1) is 7.81. The number of amides is 1. The van der Waals surface area contributed by atoms with Crippen molar-refractivity contribution >= 4 is 5.91 Å². The first-order valence-electron chi connectivity index (χ1n) is 5.37. The SMILES string of the molecule is C=CC(=O)N1CCNC(c2ccccn2)C1. The second kappa shape index (κ2) is 4.90. The molecule has 1 amide bonds. The van der Waals surface area contributed by atoms with Crippen LogP contribution >= 0.6 is 0 Å². The van der Waals surface area contributed by atoms with Crippen LogP contribution in [0, 0.1) is 0 Å². The number of carbonyl (C=O) groups excluding carboxylic acids is 1. The molecule has 1 aliphatic rings. The fraction of sp³-hybridized carbons (Fsp3) is 0.333. The largest absolute Gasteiger partial charge is 0.336 e. The van der Waals surface area contributed by atoms with E-state index < -0.39 is 0 Å². The summed E-state index contributed by atoms with van der Waals surface area (Å²) in [5.74, 6) is -0.0116. The summed E-state index contributed by atoms with van der Waals surface area (Å²) in [5, 5.41) is 3.35. The zero-order chi connectivity index (χ0) is 11.4. The molecule has 0 bridgehead atoms. The summed E-state index contributed by atoms with van der Waals surface area (Å²) in [6.07, 6.45) is 3.13. The molecule has 0 saturated carbocycles. The lowest BCUT2D eigenvalue weighted by atomic mass is 10.1. The summed E-state index contributed by atoms with van der Waals surface area (Å²) in [6.45, 7) is 5.68. The fourth-order valence-electron chi connectivity index (χ4n) is 1.86. The van der Waals surface area contributed by atoms with Gasteiger partial charge < -0.3 is 10.2 Å². The molecule has 16 heavy (non-hydrogen) atoms. The highest BCUT2D eigenvalue weighted by molar-refractivity contribution is 5.87. The number of rotatable bonds is 2. The molecule has 1 fully saturated rings. The van der Waals surface area contributed by atoms with E-state index in [0.717, 1.165) is 18.8 Å². The molecule has 4 heteroatoms. The maximum atomic E-state index is 11.5. The Morgan fingerprint density at radius 1 is 1.62 bits per heavy atom. The lowest BCUT2D eigenvalue weighted by Crippen LogP contribution is -2.48. The lowest BCUT2D eigenvalue weighted by Gasteiger charge is -2.32. The van der Waals surface area contributed by atoms with Crippen molar-refractivity contribution in [2.45, 2.75) is 6.04 Å². The molecule has 4 nitrogen and oxygen atoms in total. The highest BCUT2D eigenvalue weighted by Crippen LogP contribution is 2.14. The Hall–Kier alpha value is -1.68. The maximum absolute atomic E-state index is 11.5. The van der Waals surface area contributed by atoms with Crippen molar-refractivity contribution in [1.29, 1.82) is 0 Å². The van der Waals surface area contributed by atoms with Crippen LogP contribution < -0.4 is 5.32 Å². The van der Waals surface area contributed by atoms with Crippen LogP contribution in [0.1, 0.15) is 11.7 Å². The summed E-state index contributed by atoms with van der Waals surface area (Å²) < 4.78 is 0. The quantitative estimate of drug-likeness (QED) is 0.743. The highest BCUT2D eigenvalue weighted by Gasteiger charge is 2.23. The standard InChI is InChI=1S/C12H15N3O/c1-2-12(16)15-8-7-14-11(9-15)10-5-3-4-6-13-10/h2-6,11,14H,1,7-9H2. The van der Waals surface area contributed by atoms with Crippen molar-refractivity contribution in [2.75, 3.05) is 19.6 Å². The van der Waals surface area contributed by atoms with Crippen molar-refractivity contribution < 1.29 is 4.79 Å². The smallest absolute Gasteiger partial charge is 0.246 e. The third-order valence-corrected chi connectivity index (χ3v) is 2.71. The molecular formula is C12H15N3O. The summed E-state index contributed by atoms with van der Waals surface area (Å²) in [5.41, 5.74) is 0.976. The minimum atomic E-state index is -0.0116. The molecule has 2 heterocycles. The Morgan fingerprint density at radius 2 is 2.50 bits per heavy atom. The summed E-state index contributed by atoms with van der Waals surface area (Å²) >= 11 is 0. The molecule has 0 spiro atoms. The van der Waals surface area contributed by atoms with E-state index in [0.29, 0.717) is 6.54 Å². The van der Waals surface area contributed by atoms with Gasteiger partial charge in [-0.2, -0.15) is 0 Å². The number of pyridine rings is 1. The minimum absolute atomic E-state index is 0.0116. The van der Waals surface area contributed by atoms with E-state index >= 15 is 0 Å². The Balaban J connectivity index is 2.07. The number of piperazine rings is 1. The van der Waals surface area contributed by atoms with Gasteiger partial charge >= 0.3 is 0 Å². The number of nitrogens with one attached hydrogen (secondary N) is 1. The average molecular weight is 217 g/mol. The van der Waals surface area contributed by atoms with Gasteiger partial charge in [0.25, 0.3) is 0 Å². The molecule has 1 atom stereocenters. The van der Waals surface area contributed by atoms with Gasteiger partial charge in [-0.15, -0.1) is 0 Å². The number of aromatic nitrogens is 1. The third-order valence-electron chi connectivity index (χ3n) is 2.71. The normalized spacial score (nSPS) is 20.5. The highest BCUT2D eigenvalue weighted by atomic mass is 16.2. The molecule has 1 unspecified atom stereocenters. The first-order valence-corrected chi connectivity index (χ1v) is 5.37. The van der Waals surface area contributed by atoms with E-state index in [-0.39, 0.29) is 11.9 Å². The number of nitrogens with zero attached hydrogens (tertiary/aromatic N) is 2. The predicted molar refractivity (Wildman–Crippen MR) is 61.8 cm³/mol. The predicted octanol–water partition coefficient (Wildman–Crippen LogP) is 0.740. The zero-order valence-corrected chi connectivity index (χ0v) is 9.10. The lowest BCUT2D eigenvalue weighted by molar-refractivity contribution is -0.127. The third kappa shape index (κ3) is 2.28. The topological polar surface area (TPSA) is 45.2 Å². The number of carbonyl (C=O) groups is 1. The van der Waals surface area contributed by atoms with E-state index in [1.165, 1.54) is 6.08 Å². The van der Waals surface area contributed by atoms with Crippen LogP contribution in [0.25, 0.3) is 0 Å². The van der Waals surface area contributed by atoms with Crippen LogP contribution in [0.3, 0.4) is 0 Å². The van der Waals surface area contributed by atoms with Gasteiger partial charge in [0.05, 0.1) is 11.7 Å². The van der Waals surface area contributed by atoms with E-state index in [1.54, 1.807) is 11.1 Å². The van der Waals surface area contributed by atoms with Gasteiger partial charge in [-0.05, 0) is 18.2 Å². The Kier molecular flexibility index (Phi) is 3.31. The van der Waals surface area contributed by atoms with E-state index in [1.807, 2.05) is 18.2 Å². The van der Waals surface area contributed by atoms with Gasteiger partial charge in [0.15, 0.2) is 0 Å². The van der Waals surface area contributed by atoms with Crippen molar-refractivity contribution in [3.63, 3.8) is 0 Å². The molecular weight excluding hydrogens is 202 g/mol. The molecule has 0 radical (unpaired) electrons. The Morgan fingerprint density at radius 3 is 3.19 bits per heavy atom. The zero-order valence-electron chi connectivity index (χ0n) is 9.10. The van der Waals surface area contributed by atoms with E-state index in [4.69, 9.17) is 0 Å². The van der Waals surface area contributed by atoms with Gasteiger partial charge in [-0.25, -0.2) is 0 Å². The number of hydrogen-bond acceptors (Lipinski definition) is 3. The minimum Gasteiger partial charge on any atom is -0.336 e. The summed E-state index contributed by atoms with van der Waals surface area (Å²) in [4.78, 5) is 17.6. The van der Waals surface area contributed by atoms with Gasteiger partial charge in [-0.1, -0.05) is 12.6 Å². The van der Waals surface area contributed by atoms with Crippen LogP contribution in [0.4, 0.5) is 0 Å². The van der Waals surface area contributed by atoms with Crippen molar-refractivity contribution in [3.05, 3.63) is 42.7 Å². The molecule has 0 aromatic carbocycles. The van der Waals surface area contributed by atoms with E-state index in [9.17, 15) is 4.79 Å². The van der Waals surface area contributed by atoms with Crippen LogP contribution in [-0.2, 0) is 4.79 Å². The van der Waals surface area contributed by atoms with Gasteiger partial charge in [0, 0.05) is 25.8 Å². The second-order valence-electron chi connectivity index (χ2n) is 3.75. The summed E-state index contributed by atoms with van der Waals surface area (Å²) in [7, 11) is 0. The second-order valence-corrected chi connectivity index (χ2v) is 3.75. The molecule has 1 N–H and O–H groups in total. The number of hydrogen-bond donors (Lipinski definition) is 1. The van der Waals surface area contributed by atoms with Crippen LogP contribution in [0.2, 0.25) is 0 Å². The fourth-order valence-corrected chi connectivity index (χ4v) is 1.86. The van der Waals surface area contributed by atoms with E-state index in [2.05, 4.69) is 16.9 Å². The monoisotopic (exact) mass is 217 g/mol. The van der Waals surface area contributed by atoms with Gasteiger partial charge in [0.2, 0.25) is 5.91 Å². The molecule has 0 aliphatic carbocycles. The van der Waals surface area contributed by atoms with Crippen molar-refractivity contribution in [1.82, 2.24) is 15.2 Å². The van der Waals surface area contributed by atoms with Crippen LogP contribution in [0.15, 0.2) is 37.1 Å². The van der Waals surface area contributed by atoms with Crippen LogP contribution in [0.5, 0.6) is 0 Å². The first kappa shape index (κ1) is 10.8. The van der Waals surface area contributed by atoms with Gasteiger partial charge in [-0.3, -0.25) is 9.78 Å². The average Bonchev–Trinajstić information content (AvgIpc) is 2.39. The van der Waals surface area contributed by atoms with Crippen molar-refractivity contribution in [3.8, 4) is 0 Å². The Bertz CT molecular complexity index is 377. The molecule has 84 valence electrons. The molecule has 2 rings (SSSR count). The Labute approximate surface area is 95.0 Å². The van der Waals surface area contributed by atoms with Crippen molar-refractivity contribution in [2.24, 2.45) is 0 Å². The molecule has 1 aromatic rings. The van der Waals surface area contributed by atoms with Gasteiger partial charge in [0.1, 0.15) is 0 Å². The summed E-state index contributed by atoms with van der Waals surface area (Å²) in [6, 6.07) is 5.94.